The van der Waals surface area contributed by atoms with Crippen molar-refractivity contribution in [3.05, 3.63) is 36.4 Å². The molecule has 6 nitrogen and oxygen atoms in total. The summed E-state index contributed by atoms with van der Waals surface area (Å²) in [6, 6.07) is 2.74. The van der Waals surface area contributed by atoms with Crippen LogP contribution in [-0.4, -0.2) is 38.3 Å². The van der Waals surface area contributed by atoms with E-state index in [-0.39, 0.29) is 6.10 Å². The predicted molar refractivity (Wildman–Crippen MR) is 89.1 cm³/mol. The summed E-state index contributed by atoms with van der Waals surface area (Å²) in [7, 11) is 0. The fraction of sp³-hybridized carbons (Fsp3) is 0.647. The molecule has 1 aliphatic heterocycles. The van der Waals surface area contributed by atoms with Gasteiger partial charge in [0.25, 0.3) is 0 Å². The molecule has 0 bridgehead atoms. The minimum Gasteiger partial charge on any atom is -0.372 e. The van der Waals surface area contributed by atoms with Gasteiger partial charge in [0.2, 0.25) is 0 Å². The Labute approximate surface area is 137 Å². The number of nitrogens with one attached hydrogen (secondary N) is 1. The second kappa shape index (κ2) is 7.75. The summed E-state index contributed by atoms with van der Waals surface area (Å²) in [4.78, 5) is 0. The number of aryl methyl sites for hydroxylation is 2. The standard InChI is InChI=1S/C17H27N5O/c1-3-21-13-15(12-19-21)17-16(6-4-11-23-17)20-14(2)7-10-22-9-5-8-18-22/h5,8-9,12-14,16-17,20H,3-4,6-7,10-11H2,1-2H3/t14-,16+,17-/m1/s1. The molecule has 0 aromatic carbocycles. The van der Waals surface area contributed by atoms with Gasteiger partial charge in [-0.15, -0.1) is 0 Å². The third kappa shape index (κ3) is 4.20. The molecule has 0 aliphatic carbocycles. The summed E-state index contributed by atoms with van der Waals surface area (Å²) in [5.41, 5.74) is 1.18. The Balaban J connectivity index is 1.57. The summed E-state index contributed by atoms with van der Waals surface area (Å²) < 4.78 is 10.0. The maximum Gasteiger partial charge on any atom is 0.101 e. The molecule has 23 heavy (non-hydrogen) atoms. The fourth-order valence-corrected chi connectivity index (χ4v) is 3.19. The Morgan fingerprint density at radius 1 is 1.39 bits per heavy atom. The van der Waals surface area contributed by atoms with Crippen LogP contribution in [0.25, 0.3) is 0 Å². The predicted octanol–water partition coefficient (Wildman–Crippen LogP) is 2.39. The van der Waals surface area contributed by atoms with Crippen LogP contribution in [0, 0.1) is 0 Å². The van der Waals surface area contributed by atoms with Gasteiger partial charge < -0.3 is 10.1 Å². The molecule has 3 rings (SSSR count). The van der Waals surface area contributed by atoms with Crippen LogP contribution in [0.3, 0.4) is 0 Å². The average molecular weight is 317 g/mol. The summed E-state index contributed by atoms with van der Waals surface area (Å²) >= 11 is 0. The molecule has 0 spiro atoms. The highest BCUT2D eigenvalue weighted by molar-refractivity contribution is 5.12. The van der Waals surface area contributed by atoms with Crippen molar-refractivity contribution in [3.63, 3.8) is 0 Å². The summed E-state index contributed by atoms with van der Waals surface area (Å²) in [5.74, 6) is 0. The molecular formula is C17H27N5O. The normalized spacial score (nSPS) is 23.0. The maximum absolute atomic E-state index is 6.05. The largest absolute Gasteiger partial charge is 0.372 e. The van der Waals surface area contributed by atoms with Crippen LogP contribution in [-0.2, 0) is 17.8 Å². The van der Waals surface area contributed by atoms with Gasteiger partial charge in [-0.05, 0) is 39.2 Å². The molecule has 0 amide bonds. The van der Waals surface area contributed by atoms with E-state index in [1.54, 1.807) is 0 Å². The minimum absolute atomic E-state index is 0.108. The number of rotatable bonds is 7. The van der Waals surface area contributed by atoms with E-state index in [9.17, 15) is 0 Å². The van der Waals surface area contributed by atoms with Gasteiger partial charge in [-0.2, -0.15) is 10.2 Å². The smallest absolute Gasteiger partial charge is 0.101 e. The lowest BCUT2D eigenvalue weighted by atomic mass is 9.97. The zero-order chi connectivity index (χ0) is 16.1. The SMILES string of the molecule is CCn1cc([C@H]2OCCC[C@@H]2N[C@H](C)CCn2cccn2)cn1. The molecule has 1 saturated heterocycles. The molecule has 0 radical (unpaired) electrons. The van der Waals surface area contributed by atoms with Crippen LogP contribution in [0.2, 0.25) is 0 Å². The lowest BCUT2D eigenvalue weighted by Crippen LogP contribution is -2.44. The molecule has 1 N–H and O–H groups in total. The third-order valence-corrected chi connectivity index (χ3v) is 4.48. The second-order valence-corrected chi connectivity index (χ2v) is 6.29. The highest BCUT2D eigenvalue weighted by atomic mass is 16.5. The Morgan fingerprint density at radius 3 is 3.04 bits per heavy atom. The van der Waals surface area contributed by atoms with E-state index in [2.05, 4.69) is 35.6 Å². The molecule has 3 heterocycles. The van der Waals surface area contributed by atoms with Crippen molar-refractivity contribution in [2.45, 2.75) is 64.4 Å². The van der Waals surface area contributed by atoms with Gasteiger partial charge in [-0.1, -0.05) is 0 Å². The lowest BCUT2D eigenvalue weighted by Gasteiger charge is -2.34. The third-order valence-electron chi connectivity index (χ3n) is 4.48. The highest BCUT2D eigenvalue weighted by Gasteiger charge is 2.29. The van der Waals surface area contributed by atoms with Crippen LogP contribution < -0.4 is 5.32 Å². The van der Waals surface area contributed by atoms with Crippen LogP contribution >= 0.6 is 0 Å². The van der Waals surface area contributed by atoms with Crippen molar-refractivity contribution in [2.24, 2.45) is 0 Å². The van der Waals surface area contributed by atoms with E-state index in [0.717, 1.165) is 39.0 Å². The topological polar surface area (TPSA) is 56.9 Å². The molecule has 2 aromatic rings. The van der Waals surface area contributed by atoms with Gasteiger partial charge in [0.05, 0.1) is 6.20 Å². The second-order valence-electron chi connectivity index (χ2n) is 6.29. The average Bonchev–Trinajstić information content (AvgIpc) is 3.25. The molecule has 2 aromatic heterocycles. The van der Waals surface area contributed by atoms with E-state index in [0.29, 0.717) is 12.1 Å². The number of hydrogen-bond acceptors (Lipinski definition) is 4. The summed E-state index contributed by atoms with van der Waals surface area (Å²) in [5, 5.41) is 12.4. The molecule has 3 atom stereocenters. The van der Waals surface area contributed by atoms with E-state index >= 15 is 0 Å². The summed E-state index contributed by atoms with van der Waals surface area (Å²) in [6.45, 7) is 7.01. The van der Waals surface area contributed by atoms with E-state index in [1.807, 2.05) is 34.0 Å². The van der Waals surface area contributed by atoms with Gasteiger partial charge in [-0.3, -0.25) is 9.36 Å². The van der Waals surface area contributed by atoms with Crippen molar-refractivity contribution in [2.75, 3.05) is 6.61 Å². The molecule has 6 heteroatoms. The molecular weight excluding hydrogens is 290 g/mol. The lowest BCUT2D eigenvalue weighted by molar-refractivity contribution is -0.0137. The number of ether oxygens (including phenoxy) is 1. The van der Waals surface area contributed by atoms with Crippen molar-refractivity contribution >= 4 is 0 Å². The van der Waals surface area contributed by atoms with E-state index in [4.69, 9.17) is 4.74 Å². The number of nitrogens with zero attached hydrogens (tertiary/aromatic N) is 4. The van der Waals surface area contributed by atoms with Gasteiger partial charge in [0, 0.05) is 55.9 Å². The number of aromatic nitrogens is 4. The maximum atomic E-state index is 6.05. The van der Waals surface area contributed by atoms with Gasteiger partial charge in [0.1, 0.15) is 6.10 Å². The van der Waals surface area contributed by atoms with Crippen LogP contribution in [0.15, 0.2) is 30.9 Å². The monoisotopic (exact) mass is 317 g/mol. The molecule has 1 fully saturated rings. The highest BCUT2D eigenvalue weighted by Crippen LogP contribution is 2.28. The molecule has 126 valence electrons. The Kier molecular flexibility index (Phi) is 5.46. The first kappa shape index (κ1) is 16.2. The van der Waals surface area contributed by atoms with Crippen LogP contribution in [0.5, 0.6) is 0 Å². The van der Waals surface area contributed by atoms with Crippen LogP contribution in [0.4, 0.5) is 0 Å². The first-order chi connectivity index (χ1) is 11.3. The molecule has 0 unspecified atom stereocenters. The number of hydrogen-bond donors (Lipinski definition) is 1. The minimum atomic E-state index is 0.108. The summed E-state index contributed by atoms with van der Waals surface area (Å²) in [6.07, 6.45) is 11.3. The van der Waals surface area contributed by atoms with Gasteiger partial charge in [0.15, 0.2) is 0 Å². The van der Waals surface area contributed by atoms with Crippen molar-refractivity contribution in [1.29, 1.82) is 0 Å². The first-order valence-corrected chi connectivity index (χ1v) is 8.63. The Hall–Kier alpha value is -1.66. The van der Waals surface area contributed by atoms with E-state index in [1.165, 1.54) is 5.56 Å². The van der Waals surface area contributed by atoms with Gasteiger partial charge in [-0.25, -0.2) is 0 Å². The Bertz CT molecular complexity index is 580. The Morgan fingerprint density at radius 2 is 2.30 bits per heavy atom. The van der Waals surface area contributed by atoms with Crippen molar-refractivity contribution in [3.8, 4) is 0 Å². The van der Waals surface area contributed by atoms with Gasteiger partial charge >= 0.3 is 0 Å². The zero-order valence-electron chi connectivity index (χ0n) is 14.1. The zero-order valence-corrected chi connectivity index (χ0v) is 14.1. The fourth-order valence-electron chi connectivity index (χ4n) is 3.19. The van der Waals surface area contributed by atoms with Crippen molar-refractivity contribution < 1.29 is 4.74 Å². The van der Waals surface area contributed by atoms with Crippen molar-refractivity contribution in [1.82, 2.24) is 24.9 Å². The first-order valence-electron chi connectivity index (χ1n) is 8.63. The molecule has 1 aliphatic rings. The van der Waals surface area contributed by atoms with Crippen LogP contribution in [0.1, 0.15) is 44.8 Å². The van der Waals surface area contributed by atoms with E-state index < -0.39 is 0 Å². The molecule has 0 saturated carbocycles. The quantitative estimate of drug-likeness (QED) is 0.852.